The normalized spacial score (nSPS) is 10.7. The van der Waals surface area contributed by atoms with E-state index in [9.17, 15) is 10.1 Å². The molecule has 0 aliphatic carbocycles. The van der Waals surface area contributed by atoms with Gasteiger partial charge in [0, 0.05) is 12.2 Å². The third kappa shape index (κ3) is 3.08. The van der Waals surface area contributed by atoms with Gasteiger partial charge in [-0.1, -0.05) is 24.3 Å². The molecule has 0 atom stereocenters. The molecule has 0 unspecified atom stereocenters. The summed E-state index contributed by atoms with van der Waals surface area (Å²) in [7, 11) is 0. The quantitative estimate of drug-likeness (QED) is 0.508. The van der Waals surface area contributed by atoms with Gasteiger partial charge in [-0.2, -0.15) is 5.26 Å². The number of anilines is 2. The number of rotatable bonds is 4. The Kier molecular flexibility index (Phi) is 4.30. The van der Waals surface area contributed by atoms with E-state index < -0.39 is 6.03 Å². The molecule has 2 amide bonds. The number of imidazole rings is 1. The van der Waals surface area contributed by atoms with Gasteiger partial charge in [0.25, 0.3) is 0 Å². The topological polar surface area (TPSA) is 108 Å². The molecule has 7 nitrogen and oxygen atoms in total. The number of amides is 2. The first kappa shape index (κ1) is 17.4. The van der Waals surface area contributed by atoms with E-state index >= 15 is 0 Å². The minimum Gasteiger partial charge on any atom is -0.367 e. The molecule has 2 aromatic carbocycles. The van der Waals surface area contributed by atoms with Crippen LogP contribution in [0.5, 0.6) is 0 Å². The van der Waals surface area contributed by atoms with Crippen LogP contribution in [0, 0.1) is 18.3 Å². The maximum Gasteiger partial charge on any atom is 0.316 e. The zero-order valence-corrected chi connectivity index (χ0v) is 15.2. The van der Waals surface area contributed by atoms with Crippen LogP contribution >= 0.6 is 0 Å². The van der Waals surface area contributed by atoms with E-state index in [-0.39, 0.29) is 0 Å². The van der Waals surface area contributed by atoms with E-state index in [0.717, 1.165) is 28.0 Å². The van der Waals surface area contributed by atoms with Crippen molar-refractivity contribution < 1.29 is 4.79 Å². The van der Waals surface area contributed by atoms with Gasteiger partial charge in [-0.05, 0) is 48.4 Å². The highest BCUT2D eigenvalue weighted by atomic mass is 16.2. The predicted octanol–water partition coefficient (Wildman–Crippen LogP) is 3.77. The Morgan fingerprint density at radius 3 is 2.68 bits per heavy atom. The van der Waals surface area contributed by atoms with Crippen LogP contribution in [-0.2, 0) is 6.54 Å². The van der Waals surface area contributed by atoms with Crippen LogP contribution in [0.2, 0.25) is 0 Å². The van der Waals surface area contributed by atoms with E-state index in [1.165, 1.54) is 0 Å². The monoisotopic (exact) mass is 370 g/mol. The molecule has 4 aromatic rings. The van der Waals surface area contributed by atoms with Crippen LogP contribution in [0.25, 0.3) is 16.7 Å². The molecule has 138 valence electrons. The molecule has 7 heteroatoms. The standard InChI is InChI=1S/C21H18N6O/c1-13-10-19(24-12-14-6-8-15(9-7-14)25-21(23)28)27-18-5-3-2-4-17(18)26-20(27)16(13)11-22/h2-10,24H,12H2,1H3,(H3,23,25,28). The molecule has 4 N–H and O–H groups in total. The molecule has 0 radical (unpaired) electrons. The number of aromatic nitrogens is 2. The van der Waals surface area contributed by atoms with Gasteiger partial charge >= 0.3 is 6.03 Å². The average molecular weight is 370 g/mol. The van der Waals surface area contributed by atoms with Gasteiger partial charge in [-0.25, -0.2) is 9.78 Å². The summed E-state index contributed by atoms with van der Waals surface area (Å²) in [4.78, 5) is 15.6. The molecule has 2 heterocycles. The molecule has 0 saturated carbocycles. The summed E-state index contributed by atoms with van der Waals surface area (Å²) in [5.41, 5.74) is 10.7. The van der Waals surface area contributed by atoms with Crippen LogP contribution in [-0.4, -0.2) is 15.4 Å². The Labute approximate surface area is 161 Å². The Hall–Kier alpha value is -4.05. The molecule has 0 saturated heterocycles. The number of primary amides is 1. The summed E-state index contributed by atoms with van der Waals surface area (Å²) in [6.07, 6.45) is 0. The van der Waals surface area contributed by atoms with Gasteiger partial charge in [0.15, 0.2) is 5.65 Å². The third-order valence-electron chi connectivity index (χ3n) is 4.58. The number of aryl methyl sites for hydroxylation is 1. The second-order valence-electron chi connectivity index (χ2n) is 6.50. The number of hydrogen-bond donors (Lipinski definition) is 3. The van der Waals surface area contributed by atoms with Gasteiger partial charge < -0.3 is 16.4 Å². The number of carbonyl (C=O) groups is 1. The maximum absolute atomic E-state index is 10.9. The number of nitriles is 1. The van der Waals surface area contributed by atoms with E-state index in [1.54, 1.807) is 12.1 Å². The number of carbonyl (C=O) groups excluding carboxylic acids is 1. The number of hydrogen-bond acceptors (Lipinski definition) is 4. The Morgan fingerprint density at radius 1 is 1.21 bits per heavy atom. The Balaban J connectivity index is 1.71. The number of benzene rings is 2. The van der Waals surface area contributed by atoms with Crippen LogP contribution in [0.1, 0.15) is 16.7 Å². The second-order valence-corrected chi connectivity index (χ2v) is 6.50. The highest BCUT2D eigenvalue weighted by molar-refractivity contribution is 5.87. The minimum atomic E-state index is -0.590. The molecule has 0 aliphatic heterocycles. The lowest BCUT2D eigenvalue weighted by molar-refractivity contribution is 0.259. The summed E-state index contributed by atoms with van der Waals surface area (Å²) in [6, 6.07) is 18.9. The summed E-state index contributed by atoms with van der Waals surface area (Å²) in [5.74, 6) is 0.861. The molecular weight excluding hydrogens is 352 g/mol. The number of nitrogens with one attached hydrogen (secondary N) is 2. The number of pyridine rings is 1. The van der Waals surface area contributed by atoms with Crippen molar-refractivity contribution in [3.63, 3.8) is 0 Å². The van der Waals surface area contributed by atoms with Gasteiger partial charge in [0.2, 0.25) is 0 Å². The molecule has 2 aromatic heterocycles. The zero-order valence-electron chi connectivity index (χ0n) is 15.2. The van der Waals surface area contributed by atoms with Crippen molar-refractivity contribution in [3.05, 3.63) is 71.3 Å². The van der Waals surface area contributed by atoms with E-state index in [2.05, 4.69) is 21.7 Å². The van der Waals surface area contributed by atoms with E-state index in [4.69, 9.17) is 5.73 Å². The lowest BCUT2D eigenvalue weighted by atomic mass is 10.1. The third-order valence-corrected chi connectivity index (χ3v) is 4.58. The zero-order chi connectivity index (χ0) is 19.7. The van der Waals surface area contributed by atoms with Crippen molar-refractivity contribution in [1.82, 2.24) is 9.38 Å². The lowest BCUT2D eigenvalue weighted by Crippen LogP contribution is -2.19. The molecule has 0 aliphatic rings. The molecule has 4 rings (SSSR count). The van der Waals surface area contributed by atoms with Gasteiger partial charge in [0.1, 0.15) is 11.9 Å². The highest BCUT2D eigenvalue weighted by Gasteiger charge is 2.14. The molecule has 28 heavy (non-hydrogen) atoms. The Morgan fingerprint density at radius 2 is 1.96 bits per heavy atom. The van der Waals surface area contributed by atoms with Crippen molar-refractivity contribution in [3.8, 4) is 6.07 Å². The fourth-order valence-corrected chi connectivity index (χ4v) is 3.26. The molecule has 0 bridgehead atoms. The number of para-hydroxylation sites is 2. The fraction of sp³-hybridized carbons (Fsp3) is 0.0952. The molecular formula is C21H18N6O. The van der Waals surface area contributed by atoms with Crippen LogP contribution in [0.15, 0.2) is 54.6 Å². The van der Waals surface area contributed by atoms with Crippen LogP contribution in [0.4, 0.5) is 16.3 Å². The van der Waals surface area contributed by atoms with Gasteiger partial charge in [0.05, 0.1) is 16.6 Å². The SMILES string of the molecule is Cc1cc(NCc2ccc(NC(N)=O)cc2)n2c(nc3ccccc32)c1C#N. The first-order chi connectivity index (χ1) is 13.6. The van der Waals surface area contributed by atoms with Gasteiger partial charge in [-0.3, -0.25) is 4.40 Å². The minimum absolute atomic E-state index is 0.573. The van der Waals surface area contributed by atoms with E-state index in [1.807, 2.05) is 53.8 Å². The first-order valence-electron chi connectivity index (χ1n) is 8.77. The average Bonchev–Trinajstić information content (AvgIpc) is 3.06. The number of fused-ring (bicyclic) bond motifs is 3. The van der Waals surface area contributed by atoms with Crippen molar-refractivity contribution >= 4 is 34.2 Å². The summed E-state index contributed by atoms with van der Waals surface area (Å²) in [5, 5.41) is 15.5. The van der Waals surface area contributed by atoms with Crippen molar-refractivity contribution in [2.24, 2.45) is 5.73 Å². The van der Waals surface area contributed by atoms with Crippen molar-refractivity contribution in [2.45, 2.75) is 13.5 Å². The smallest absolute Gasteiger partial charge is 0.316 e. The van der Waals surface area contributed by atoms with Crippen LogP contribution in [0.3, 0.4) is 0 Å². The number of urea groups is 1. The van der Waals surface area contributed by atoms with Crippen molar-refractivity contribution in [1.29, 1.82) is 5.26 Å². The molecule has 0 spiro atoms. The van der Waals surface area contributed by atoms with Crippen LogP contribution < -0.4 is 16.4 Å². The predicted molar refractivity (Wildman–Crippen MR) is 109 cm³/mol. The van der Waals surface area contributed by atoms with Gasteiger partial charge in [-0.15, -0.1) is 0 Å². The highest BCUT2D eigenvalue weighted by Crippen LogP contribution is 2.27. The first-order valence-corrected chi connectivity index (χ1v) is 8.77. The fourth-order valence-electron chi connectivity index (χ4n) is 3.26. The summed E-state index contributed by atoms with van der Waals surface area (Å²) in [6.45, 7) is 2.48. The summed E-state index contributed by atoms with van der Waals surface area (Å²) < 4.78 is 1.98. The lowest BCUT2D eigenvalue weighted by Gasteiger charge is -2.13. The van der Waals surface area contributed by atoms with E-state index in [0.29, 0.717) is 23.4 Å². The second kappa shape index (κ2) is 6.93. The maximum atomic E-state index is 10.9. The number of nitrogens with zero attached hydrogens (tertiary/aromatic N) is 3. The Bertz CT molecular complexity index is 1230. The largest absolute Gasteiger partial charge is 0.367 e. The van der Waals surface area contributed by atoms with Crippen molar-refractivity contribution in [2.75, 3.05) is 10.6 Å². The molecule has 0 fully saturated rings. The summed E-state index contributed by atoms with van der Waals surface area (Å²) >= 11 is 0. The number of nitrogens with two attached hydrogens (primary N) is 1.